The smallest absolute Gasteiger partial charge is 0.228 e. The Labute approximate surface area is 183 Å². The average Bonchev–Trinajstić information content (AvgIpc) is 3.44. The molecule has 31 heavy (non-hydrogen) atoms. The second-order valence-electron chi connectivity index (χ2n) is 8.41. The molecular formula is C25H30N2O4. The van der Waals surface area contributed by atoms with Gasteiger partial charge in [0.15, 0.2) is 0 Å². The lowest BCUT2D eigenvalue weighted by Crippen LogP contribution is -2.41. The molecule has 0 aromatic heterocycles. The highest BCUT2D eigenvalue weighted by molar-refractivity contribution is 6.00. The van der Waals surface area contributed by atoms with Gasteiger partial charge in [-0.15, -0.1) is 0 Å². The molecule has 4 rings (SSSR count). The summed E-state index contributed by atoms with van der Waals surface area (Å²) in [6, 6.07) is 15.0. The number of carbonyl (C=O) groups is 2. The average molecular weight is 423 g/mol. The van der Waals surface area contributed by atoms with Crippen molar-refractivity contribution in [2.24, 2.45) is 5.92 Å². The van der Waals surface area contributed by atoms with Gasteiger partial charge in [-0.1, -0.05) is 37.3 Å². The van der Waals surface area contributed by atoms with Gasteiger partial charge in [-0.3, -0.25) is 9.59 Å². The van der Waals surface area contributed by atoms with Gasteiger partial charge in [-0.2, -0.15) is 0 Å². The molecule has 2 saturated heterocycles. The van der Waals surface area contributed by atoms with Crippen molar-refractivity contribution in [3.8, 4) is 5.75 Å². The van der Waals surface area contributed by atoms with Gasteiger partial charge in [-0.05, 0) is 43.0 Å². The van der Waals surface area contributed by atoms with Crippen LogP contribution in [-0.2, 0) is 27.3 Å². The van der Waals surface area contributed by atoms with Crippen molar-refractivity contribution >= 4 is 17.5 Å². The third-order valence-corrected chi connectivity index (χ3v) is 6.24. The van der Waals surface area contributed by atoms with Crippen molar-refractivity contribution in [3.05, 3.63) is 59.7 Å². The number of phenols is 1. The van der Waals surface area contributed by atoms with Crippen LogP contribution in [0, 0.1) is 5.92 Å². The zero-order chi connectivity index (χ0) is 21.8. The fraction of sp³-hybridized carbons (Fsp3) is 0.440. The monoisotopic (exact) mass is 422 g/mol. The molecule has 2 unspecified atom stereocenters. The molecule has 2 aliphatic heterocycles. The Morgan fingerprint density at radius 2 is 1.97 bits per heavy atom. The molecular weight excluding hydrogens is 392 g/mol. The molecule has 6 nitrogen and oxygen atoms in total. The van der Waals surface area contributed by atoms with E-state index in [1.54, 1.807) is 21.9 Å². The van der Waals surface area contributed by atoms with Gasteiger partial charge in [0.25, 0.3) is 0 Å². The fourth-order valence-corrected chi connectivity index (χ4v) is 4.41. The Morgan fingerprint density at radius 3 is 2.65 bits per heavy atom. The van der Waals surface area contributed by atoms with Crippen LogP contribution in [-0.4, -0.2) is 47.6 Å². The molecule has 2 atom stereocenters. The third-order valence-electron chi connectivity index (χ3n) is 6.24. The summed E-state index contributed by atoms with van der Waals surface area (Å²) >= 11 is 0. The molecule has 0 aliphatic carbocycles. The molecule has 0 bridgehead atoms. The highest BCUT2D eigenvalue weighted by atomic mass is 16.5. The van der Waals surface area contributed by atoms with Gasteiger partial charge >= 0.3 is 0 Å². The number of rotatable bonds is 7. The molecule has 0 spiro atoms. The molecule has 2 fully saturated rings. The van der Waals surface area contributed by atoms with E-state index in [2.05, 4.69) is 6.92 Å². The number of para-hydroxylation sites is 1. The van der Waals surface area contributed by atoms with Gasteiger partial charge < -0.3 is 19.6 Å². The van der Waals surface area contributed by atoms with E-state index in [1.807, 2.05) is 36.4 Å². The van der Waals surface area contributed by atoms with E-state index >= 15 is 0 Å². The summed E-state index contributed by atoms with van der Waals surface area (Å²) in [6.07, 6.45) is 3.07. The van der Waals surface area contributed by atoms with Crippen molar-refractivity contribution in [1.29, 1.82) is 0 Å². The lowest BCUT2D eigenvalue weighted by molar-refractivity contribution is -0.138. The first-order chi connectivity index (χ1) is 15.0. The number of amides is 2. The number of aromatic hydroxyl groups is 1. The van der Waals surface area contributed by atoms with Crippen LogP contribution in [0.4, 0.5) is 5.69 Å². The molecule has 2 aliphatic rings. The molecule has 2 amide bonds. The van der Waals surface area contributed by atoms with E-state index in [4.69, 9.17) is 4.74 Å². The second-order valence-corrected chi connectivity index (χ2v) is 8.41. The molecule has 2 aromatic carbocycles. The zero-order valence-electron chi connectivity index (χ0n) is 18.0. The van der Waals surface area contributed by atoms with E-state index in [-0.39, 0.29) is 30.1 Å². The van der Waals surface area contributed by atoms with Crippen LogP contribution >= 0.6 is 0 Å². The Balaban J connectivity index is 1.50. The number of hydrogen-bond donors (Lipinski definition) is 1. The van der Waals surface area contributed by atoms with Gasteiger partial charge in [0, 0.05) is 43.9 Å². The number of phenolic OH excluding ortho intramolecular Hbond substituents is 1. The number of aryl methyl sites for hydroxylation is 1. The van der Waals surface area contributed by atoms with Gasteiger partial charge in [-0.25, -0.2) is 0 Å². The normalized spacial score (nSPS) is 20.9. The number of carbonyl (C=O) groups excluding carboxylic acids is 2. The first-order valence-electron chi connectivity index (χ1n) is 11.1. The second kappa shape index (κ2) is 9.52. The zero-order valence-corrected chi connectivity index (χ0v) is 18.0. The van der Waals surface area contributed by atoms with Crippen LogP contribution in [0.25, 0.3) is 0 Å². The predicted molar refractivity (Wildman–Crippen MR) is 119 cm³/mol. The summed E-state index contributed by atoms with van der Waals surface area (Å²) in [5.74, 6) is -0.305. The topological polar surface area (TPSA) is 70.1 Å². The lowest BCUT2D eigenvalue weighted by Gasteiger charge is -2.28. The number of hydrogen-bond acceptors (Lipinski definition) is 4. The van der Waals surface area contributed by atoms with E-state index in [0.29, 0.717) is 31.8 Å². The highest BCUT2D eigenvalue weighted by Gasteiger charge is 2.38. The van der Waals surface area contributed by atoms with Crippen LogP contribution < -0.4 is 4.90 Å². The summed E-state index contributed by atoms with van der Waals surface area (Å²) in [7, 11) is 0. The third kappa shape index (κ3) is 4.90. The maximum absolute atomic E-state index is 13.5. The molecule has 1 N–H and O–H groups in total. The maximum atomic E-state index is 13.5. The molecule has 2 heterocycles. The Bertz CT molecular complexity index is 921. The quantitative estimate of drug-likeness (QED) is 0.741. The lowest BCUT2D eigenvalue weighted by atomic mass is 10.1. The predicted octanol–water partition coefficient (Wildman–Crippen LogP) is 3.52. The van der Waals surface area contributed by atoms with E-state index in [0.717, 1.165) is 24.9 Å². The minimum Gasteiger partial charge on any atom is -0.508 e. The van der Waals surface area contributed by atoms with Crippen LogP contribution in [0.2, 0.25) is 0 Å². The van der Waals surface area contributed by atoms with E-state index in [1.165, 1.54) is 5.56 Å². The first-order valence-corrected chi connectivity index (χ1v) is 11.1. The van der Waals surface area contributed by atoms with Crippen LogP contribution in [0.5, 0.6) is 5.75 Å². The fourth-order valence-electron chi connectivity index (χ4n) is 4.41. The van der Waals surface area contributed by atoms with Gasteiger partial charge in [0.1, 0.15) is 5.75 Å². The highest BCUT2D eigenvalue weighted by Crippen LogP contribution is 2.28. The summed E-state index contributed by atoms with van der Waals surface area (Å²) in [6.45, 7) is 3.97. The van der Waals surface area contributed by atoms with Crippen LogP contribution in [0.3, 0.4) is 0 Å². The summed E-state index contributed by atoms with van der Waals surface area (Å²) < 4.78 is 5.76. The number of benzene rings is 2. The summed E-state index contributed by atoms with van der Waals surface area (Å²) in [4.78, 5) is 29.7. The standard InChI is InChI=1S/C25H30N2O4/c1-2-18-9-11-21(12-10-18)27-16-20(14-24(27)29)25(30)26(17-22-7-5-13-31-22)15-19-6-3-4-8-23(19)28/h3-4,6,8-12,20,22,28H,2,5,7,13-17H2,1H3. The maximum Gasteiger partial charge on any atom is 0.228 e. The van der Waals surface area contributed by atoms with Crippen molar-refractivity contribution < 1.29 is 19.4 Å². The molecule has 0 saturated carbocycles. The Hall–Kier alpha value is -2.86. The van der Waals surface area contributed by atoms with Crippen molar-refractivity contribution in [3.63, 3.8) is 0 Å². The SMILES string of the molecule is CCc1ccc(N2CC(C(=O)N(Cc3ccccc3O)CC3CCCO3)CC2=O)cc1. The largest absolute Gasteiger partial charge is 0.508 e. The van der Waals surface area contributed by atoms with Gasteiger partial charge in [0.05, 0.1) is 12.0 Å². The number of nitrogens with zero attached hydrogens (tertiary/aromatic N) is 2. The van der Waals surface area contributed by atoms with E-state index in [9.17, 15) is 14.7 Å². The minimum absolute atomic E-state index is 0.00426. The van der Waals surface area contributed by atoms with Crippen molar-refractivity contribution in [2.45, 2.75) is 45.3 Å². The number of ether oxygens (including phenoxy) is 1. The first kappa shape index (κ1) is 21.4. The molecule has 0 radical (unpaired) electrons. The summed E-state index contributed by atoms with van der Waals surface area (Å²) in [5.41, 5.74) is 2.75. The molecule has 164 valence electrons. The minimum atomic E-state index is -0.398. The number of anilines is 1. The molecule has 6 heteroatoms. The Morgan fingerprint density at radius 1 is 1.19 bits per heavy atom. The van der Waals surface area contributed by atoms with Crippen molar-refractivity contribution in [1.82, 2.24) is 4.90 Å². The van der Waals surface area contributed by atoms with Crippen LogP contribution in [0.1, 0.15) is 37.3 Å². The Kier molecular flexibility index (Phi) is 6.56. The summed E-state index contributed by atoms with van der Waals surface area (Å²) in [5, 5.41) is 10.2. The van der Waals surface area contributed by atoms with Gasteiger partial charge in [0.2, 0.25) is 11.8 Å². The van der Waals surface area contributed by atoms with Crippen molar-refractivity contribution in [2.75, 3.05) is 24.6 Å². The van der Waals surface area contributed by atoms with E-state index < -0.39 is 5.92 Å². The molecule has 2 aromatic rings. The van der Waals surface area contributed by atoms with Crippen LogP contribution in [0.15, 0.2) is 48.5 Å².